The lowest BCUT2D eigenvalue weighted by Crippen LogP contribution is -2.54. The lowest BCUT2D eigenvalue weighted by atomic mass is 9.79. The Hall–Kier alpha value is -1.17. The Bertz CT molecular complexity index is 623. The molecular formula is C19H30Cl2N2O3. The van der Waals surface area contributed by atoms with Crippen LogP contribution in [0.3, 0.4) is 0 Å². The number of piperidine rings is 1. The van der Waals surface area contributed by atoms with Gasteiger partial charge in [-0.25, -0.2) is 0 Å². The summed E-state index contributed by atoms with van der Waals surface area (Å²) in [7, 11) is 1.55. The summed E-state index contributed by atoms with van der Waals surface area (Å²) in [6.07, 6.45) is 2.76. The van der Waals surface area contributed by atoms with Gasteiger partial charge in [0.15, 0.2) is 11.5 Å². The maximum Gasteiger partial charge on any atom is 0.254 e. The van der Waals surface area contributed by atoms with Gasteiger partial charge >= 0.3 is 0 Å². The molecule has 1 aromatic carbocycles. The normalized spacial score (nSPS) is 18.8. The van der Waals surface area contributed by atoms with Gasteiger partial charge in [-0.15, -0.1) is 12.4 Å². The maximum absolute atomic E-state index is 12.9. The lowest BCUT2D eigenvalue weighted by molar-refractivity contribution is 0.0532. The van der Waals surface area contributed by atoms with Crippen LogP contribution < -0.4 is 15.2 Å². The van der Waals surface area contributed by atoms with Gasteiger partial charge in [0, 0.05) is 24.7 Å². The Labute approximate surface area is 167 Å². The summed E-state index contributed by atoms with van der Waals surface area (Å²) in [4.78, 5) is 14.8. The molecule has 0 saturated carbocycles. The van der Waals surface area contributed by atoms with Crippen LogP contribution >= 0.6 is 24.0 Å². The van der Waals surface area contributed by atoms with Gasteiger partial charge in [0.2, 0.25) is 0 Å². The summed E-state index contributed by atoms with van der Waals surface area (Å²) >= 11 is 6.36. The van der Waals surface area contributed by atoms with E-state index in [1.165, 1.54) is 0 Å². The smallest absolute Gasteiger partial charge is 0.254 e. The van der Waals surface area contributed by atoms with Crippen LogP contribution in [-0.2, 0) is 0 Å². The number of carbonyl (C=O) groups is 1. The molecule has 1 aromatic rings. The molecule has 0 radical (unpaired) electrons. The van der Waals surface area contributed by atoms with Crippen LogP contribution in [0, 0.1) is 5.41 Å². The zero-order chi connectivity index (χ0) is 18.6. The predicted molar refractivity (Wildman–Crippen MR) is 108 cm³/mol. The number of carbonyl (C=O) groups excluding carboxylic acids is 1. The molecule has 0 aliphatic carbocycles. The van der Waals surface area contributed by atoms with Gasteiger partial charge in [0.05, 0.1) is 18.7 Å². The van der Waals surface area contributed by atoms with E-state index in [2.05, 4.69) is 20.8 Å². The van der Waals surface area contributed by atoms with E-state index in [9.17, 15) is 4.79 Å². The molecule has 1 amide bonds. The molecule has 5 nitrogen and oxygen atoms in total. The Morgan fingerprint density at radius 2 is 2.12 bits per heavy atom. The third kappa shape index (κ3) is 5.18. The first kappa shape index (κ1) is 22.9. The zero-order valence-electron chi connectivity index (χ0n) is 16.0. The Morgan fingerprint density at radius 1 is 1.42 bits per heavy atom. The molecule has 148 valence electrons. The van der Waals surface area contributed by atoms with E-state index in [1.807, 2.05) is 4.90 Å². The second kappa shape index (κ2) is 9.67. The van der Waals surface area contributed by atoms with Crippen molar-refractivity contribution in [1.29, 1.82) is 0 Å². The van der Waals surface area contributed by atoms with Crippen molar-refractivity contribution >= 4 is 29.9 Å². The highest BCUT2D eigenvalue weighted by Gasteiger charge is 2.35. The van der Waals surface area contributed by atoms with E-state index in [-0.39, 0.29) is 29.8 Å². The van der Waals surface area contributed by atoms with Gasteiger partial charge in [-0.05, 0) is 30.4 Å². The van der Waals surface area contributed by atoms with Gasteiger partial charge in [-0.2, -0.15) is 0 Å². The third-order valence-corrected chi connectivity index (χ3v) is 5.10. The maximum atomic E-state index is 12.9. The number of unbranched alkanes of at least 4 members (excludes halogenated alkanes) is 1. The second-order valence-corrected chi connectivity index (χ2v) is 7.71. The highest BCUT2D eigenvalue weighted by molar-refractivity contribution is 6.32. The number of hydrogen-bond donors (Lipinski definition) is 1. The van der Waals surface area contributed by atoms with Crippen molar-refractivity contribution < 1.29 is 14.3 Å². The molecule has 0 aromatic heterocycles. The Balaban J connectivity index is 0.00000338. The number of amides is 1. The van der Waals surface area contributed by atoms with E-state index >= 15 is 0 Å². The number of methoxy groups -OCH3 is 1. The minimum absolute atomic E-state index is 0. The van der Waals surface area contributed by atoms with Crippen molar-refractivity contribution in [2.24, 2.45) is 11.1 Å². The standard InChI is InChI=1S/C19H29ClN2O3.ClH/c1-5-6-9-25-17-14(20)10-13(11-15(17)24-4)18(23)22-8-7-16(21)19(2,3)12-22;/h10-11,16H,5-9,12,21H2,1-4H3;1H. The number of nitrogens with zero attached hydrogens (tertiary/aromatic N) is 1. The average molecular weight is 405 g/mol. The number of rotatable bonds is 6. The highest BCUT2D eigenvalue weighted by Crippen LogP contribution is 2.37. The molecule has 7 heteroatoms. The van der Waals surface area contributed by atoms with Crippen molar-refractivity contribution in [3.8, 4) is 11.5 Å². The summed E-state index contributed by atoms with van der Waals surface area (Å²) in [5, 5.41) is 0.395. The molecule has 1 aliphatic rings. The second-order valence-electron chi connectivity index (χ2n) is 7.30. The summed E-state index contributed by atoms with van der Waals surface area (Å²) in [5.74, 6) is 0.926. The van der Waals surface area contributed by atoms with Crippen LogP contribution in [0.2, 0.25) is 5.02 Å². The Morgan fingerprint density at radius 3 is 2.69 bits per heavy atom. The van der Waals surface area contributed by atoms with Crippen molar-refractivity contribution in [1.82, 2.24) is 4.90 Å². The first-order chi connectivity index (χ1) is 11.8. The molecule has 26 heavy (non-hydrogen) atoms. The van der Waals surface area contributed by atoms with Gasteiger partial charge in [-0.1, -0.05) is 38.8 Å². The minimum Gasteiger partial charge on any atom is -0.493 e. The molecule has 1 saturated heterocycles. The number of likely N-dealkylation sites (tertiary alicyclic amines) is 1. The van der Waals surface area contributed by atoms with Gasteiger partial charge in [0.25, 0.3) is 5.91 Å². The molecule has 1 fully saturated rings. The van der Waals surface area contributed by atoms with Crippen LogP contribution in [0.5, 0.6) is 11.5 Å². The minimum atomic E-state index is -0.106. The molecule has 1 atom stereocenters. The molecule has 0 bridgehead atoms. The number of ether oxygens (including phenoxy) is 2. The van der Waals surface area contributed by atoms with Gasteiger partial charge < -0.3 is 20.1 Å². The topological polar surface area (TPSA) is 64.8 Å². The molecule has 1 unspecified atom stereocenters. The predicted octanol–water partition coefficient (Wildman–Crippen LogP) is 4.15. The van der Waals surface area contributed by atoms with E-state index in [0.29, 0.717) is 41.8 Å². The molecular weight excluding hydrogens is 375 g/mol. The number of halogens is 2. The summed E-state index contributed by atoms with van der Waals surface area (Å²) < 4.78 is 11.1. The van der Waals surface area contributed by atoms with Crippen molar-refractivity contribution in [2.45, 2.75) is 46.1 Å². The molecule has 1 heterocycles. The van der Waals surface area contributed by atoms with Crippen molar-refractivity contribution in [3.05, 3.63) is 22.7 Å². The van der Waals surface area contributed by atoms with Crippen molar-refractivity contribution in [2.75, 3.05) is 26.8 Å². The van der Waals surface area contributed by atoms with Crippen LogP contribution in [0.25, 0.3) is 0 Å². The fraction of sp³-hybridized carbons (Fsp3) is 0.632. The molecule has 2 N–H and O–H groups in total. The molecule has 0 spiro atoms. The first-order valence-electron chi connectivity index (χ1n) is 8.85. The quantitative estimate of drug-likeness (QED) is 0.723. The third-order valence-electron chi connectivity index (χ3n) is 4.82. The fourth-order valence-corrected chi connectivity index (χ4v) is 3.30. The van der Waals surface area contributed by atoms with Crippen molar-refractivity contribution in [3.63, 3.8) is 0 Å². The van der Waals surface area contributed by atoms with E-state index in [0.717, 1.165) is 19.3 Å². The SMILES string of the molecule is CCCCOc1c(Cl)cc(C(=O)N2CCC(N)C(C)(C)C2)cc1OC.Cl. The summed E-state index contributed by atoms with van der Waals surface area (Å²) in [6.45, 7) is 8.12. The highest BCUT2D eigenvalue weighted by atomic mass is 35.5. The number of nitrogens with two attached hydrogens (primary N) is 1. The largest absolute Gasteiger partial charge is 0.493 e. The average Bonchev–Trinajstić information content (AvgIpc) is 2.57. The van der Waals surface area contributed by atoms with E-state index in [4.69, 9.17) is 26.8 Å². The Kier molecular flexibility index (Phi) is 8.51. The zero-order valence-corrected chi connectivity index (χ0v) is 17.6. The van der Waals surface area contributed by atoms with Gasteiger partial charge in [-0.3, -0.25) is 4.79 Å². The summed E-state index contributed by atoms with van der Waals surface area (Å²) in [5.41, 5.74) is 6.57. The summed E-state index contributed by atoms with van der Waals surface area (Å²) in [6, 6.07) is 3.47. The first-order valence-corrected chi connectivity index (χ1v) is 9.23. The van der Waals surface area contributed by atoms with Crippen LogP contribution in [0.4, 0.5) is 0 Å². The van der Waals surface area contributed by atoms with Gasteiger partial charge in [0.1, 0.15) is 0 Å². The van der Waals surface area contributed by atoms with E-state index in [1.54, 1.807) is 19.2 Å². The fourth-order valence-electron chi connectivity index (χ4n) is 3.03. The number of benzene rings is 1. The lowest BCUT2D eigenvalue weighted by Gasteiger charge is -2.42. The van der Waals surface area contributed by atoms with Crippen LogP contribution in [0.15, 0.2) is 12.1 Å². The molecule has 2 rings (SSSR count). The monoisotopic (exact) mass is 404 g/mol. The number of hydrogen-bond acceptors (Lipinski definition) is 4. The van der Waals surface area contributed by atoms with Crippen LogP contribution in [0.1, 0.15) is 50.4 Å². The van der Waals surface area contributed by atoms with Crippen LogP contribution in [-0.4, -0.2) is 43.7 Å². The van der Waals surface area contributed by atoms with E-state index < -0.39 is 0 Å². The molecule has 1 aliphatic heterocycles.